The second-order valence-electron chi connectivity index (χ2n) is 5.62. The van der Waals surface area contributed by atoms with Crippen molar-refractivity contribution in [3.8, 4) is 11.6 Å². The molecule has 0 aliphatic carbocycles. The maximum absolute atomic E-state index is 12.5. The summed E-state index contributed by atoms with van der Waals surface area (Å²) in [6.45, 7) is 2.28. The minimum absolute atomic E-state index is 0.129. The Hall–Kier alpha value is -2.60. The highest BCUT2D eigenvalue weighted by atomic mass is 79.9. The molecule has 0 saturated carbocycles. The molecule has 0 saturated heterocycles. The van der Waals surface area contributed by atoms with Crippen LogP contribution < -0.4 is 4.74 Å². The van der Waals surface area contributed by atoms with Crippen LogP contribution in [0.1, 0.15) is 21.9 Å². The van der Waals surface area contributed by atoms with Crippen molar-refractivity contribution < 1.29 is 13.9 Å². The fourth-order valence-electron chi connectivity index (χ4n) is 2.31. The number of rotatable bonds is 5. The molecule has 1 aromatic carbocycles. The van der Waals surface area contributed by atoms with E-state index in [9.17, 15) is 4.79 Å². The number of pyridine rings is 1. The summed E-state index contributed by atoms with van der Waals surface area (Å²) in [5.74, 6) is 2.54. The molecule has 0 atom stereocenters. The van der Waals surface area contributed by atoms with Crippen LogP contribution in [-0.4, -0.2) is 22.8 Å². The lowest BCUT2D eigenvalue weighted by Gasteiger charge is -2.15. The van der Waals surface area contributed by atoms with Crippen LogP contribution in [0.15, 0.2) is 63.6 Å². The summed E-state index contributed by atoms with van der Waals surface area (Å²) in [5, 5.41) is 0. The SMILES string of the molecule is Cc1ccc(CN(C)C(=O)c2ccc(Oc3cccc(Br)c3)nc2)o1. The molecule has 1 amide bonds. The van der Waals surface area contributed by atoms with Crippen molar-refractivity contribution in [2.45, 2.75) is 13.5 Å². The maximum atomic E-state index is 12.5. The number of aryl methyl sites for hydroxylation is 1. The van der Waals surface area contributed by atoms with E-state index in [1.54, 1.807) is 24.1 Å². The smallest absolute Gasteiger partial charge is 0.255 e. The average molecular weight is 401 g/mol. The van der Waals surface area contributed by atoms with Gasteiger partial charge in [0.15, 0.2) is 0 Å². The number of nitrogens with zero attached hydrogens (tertiary/aromatic N) is 2. The van der Waals surface area contributed by atoms with E-state index >= 15 is 0 Å². The third-order valence-electron chi connectivity index (χ3n) is 3.54. The Kier molecular flexibility index (Phi) is 5.19. The largest absolute Gasteiger partial charge is 0.464 e. The molecule has 3 rings (SSSR count). The molecule has 25 heavy (non-hydrogen) atoms. The van der Waals surface area contributed by atoms with Gasteiger partial charge in [0.05, 0.1) is 12.1 Å². The van der Waals surface area contributed by atoms with Crippen LogP contribution in [0.3, 0.4) is 0 Å². The van der Waals surface area contributed by atoms with Gasteiger partial charge in [-0.05, 0) is 43.3 Å². The van der Waals surface area contributed by atoms with Gasteiger partial charge in [-0.3, -0.25) is 4.79 Å². The first-order valence-electron chi connectivity index (χ1n) is 7.71. The first-order chi connectivity index (χ1) is 12.0. The molecule has 0 fully saturated rings. The third kappa shape index (κ3) is 4.48. The molecule has 0 spiro atoms. The van der Waals surface area contributed by atoms with Gasteiger partial charge < -0.3 is 14.1 Å². The highest BCUT2D eigenvalue weighted by molar-refractivity contribution is 9.10. The van der Waals surface area contributed by atoms with Gasteiger partial charge in [-0.1, -0.05) is 22.0 Å². The molecule has 0 aliphatic rings. The van der Waals surface area contributed by atoms with Crippen molar-refractivity contribution >= 4 is 21.8 Å². The van der Waals surface area contributed by atoms with Crippen LogP contribution in [0.25, 0.3) is 0 Å². The van der Waals surface area contributed by atoms with Crippen LogP contribution in [-0.2, 0) is 6.54 Å². The molecule has 0 unspecified atom stereocenters. The van der Waals surface area contributed by atoms with Crippen LogP contribution in [0, 0.1) is 6.92 Å². The third-order valence-corrected chi connectivity index (χ3v) is 4.03. The van der Waals surface area contributed by atoms with E-state index in [0.29, 0.717) is 23.7 Å². The van der Waals surface area contributed by atoms with Crippen LogP contribution in [0.2, 0.25) is 0 Å². The van der Waals surface area contributed by atoms with E-state index < -0.39 is 0 Å². The average Bonchev–Trinajstić information content (AvgIpc) is 3.00. The zero-order chi connectivity index (χ0) is 17.8. The lowest BCUT2D eigenvalue weighted by Crippen LogP contribution is -2.26. The van der Waals surface area contributed by atoms with Crippen LogP contribution in [0.4, 0.5) is 0 Å². The number of carbonyl (C=O) groups excluding carboxylic acids is 1. The Bertz CT molecular complexity index is 874. The Balaban J connectivity index is 1.65. The van der Waals surface area contributed by atoms with Crippen molar-refractivity contribution in [1.82, 2.24) is 9.88 Å². The number of hydrogen-bond acceptors (Lipinski definition) is 4. The minimum atomic E-state index is -0.129. The van der Waals surface area contributed by atoms with Crippen molar-refractivity contribution in [3.05, 3.63) is 76.3 Å². The summed E-state index contributed by atoms with van der Waals surface area (Å²) in [6.07, 6.45) is 1.51. The normalized spacial score (nSPS) is 10.5. The predicted molar refractivity (Wildman–Crippen MR) is 97.7 cm³/mol. The topological polar surface area (TPSA) is 55.6 Å². The number of halogens is 1. The van der Waals surface area contributed by atoms with E-state index in [4.69, 9.17) is 9.15 Å². The molecule has 0 aliphatic heterocycles. The summed E-state index contributed by atoms with van der Waals surface area (Å²) in [5.41, 5.74) is 0.493. The Labute approximate surface area is 154 Å². The van der Waals surface area contributed by atoms with E-state index in [1.807, 2.05) is 43.3 Å². The van der Waals surface area contributed by atoms with E-state index in [-0.39, 0.29) is 5.91 Å². The number of carbonyl (C=O) groups is 1. The lowest BCUT2D eigenvalue weighted by atomic mass is 10.2. The minimum Gasteiger partial charge on any atom is -0.464 e. The second-order valence-corrected chi connectivity index (χ2v) is 6.53. The molecule has 2 heterocycles. The fourth-order valence-corrected chi connectivity index (χ4v) is 2.69. The number of benzene rings is 1. The number of aromatic nitrogens is 1. The van der Waals surface area contributed by atoms with Crippen LogP contribution >= 0.6 is 15.9 Å². The van der Waals surface area contributed by atoms with Gasteiger partial charge in [0.25, 0.3) is 5.91 Å². The number of amides is 1. The summed E-state index contributed by atoms with van der Waals surface area (Å²) >= 11 is 3.39. The molecule has 6 heteroatoms. The van der Waals surface area contributed by atoms with E-state index in [1.165, 1.54) is 6.20 Å². The fraction of sp³-hybridized carbons (Fsp3) is 0.158. The number of hydrogen-bond donors (Lipinski definition) is 0. The summed E-state index contributed by atoms with van der Waals surface area (Å²) in [4.78, 5) is 18.3. The summed E-state index contributed by atoms with van der Waals surface area (Å²) < 4.78 is 12.1. The van der Waals surface area contributed by atoms with Gasteiger partial charge in [-0.25, -0.2) is 4.98 Å². The first-order valence-corrected chi connectivity index (χ1v) is 8.51. The second kappa shape index (κ2) is 7.53. The number of furan rings is 1. The summed E-state index contributed by atoms with van der Waals surface area (Å²) in [7, 11) is 1.73. The highest BCUT2D eigenvalue weighted by Crippen LogP contribution is 2.23. The Morgan fingerprint density at radius 3 is 2.72 bits per heavy atom. The molecule has 0 N–H and O–H groups in total. The zero-order valence-corrected chi connectivity index (χ0v) is 15.5. The quantitative estimate of drug-likeness (QED) is 0.616. The number of ether oxygens (including phenoxy) is 1. The van der Waals surface area contributed by atoms with Crippen molar-refractivity contribution in [2.24, 2.45) is 0 Å². The molecular weight excluding hydrogens is 384 g/mol. The Morgan fingerprint density at radius 1 is 1.24 bits per heavy atom. The highest BCUT2D eigenvalue weighted by Gasteiger charge is 2.14. The monoisotopic (exact) mass is 400 g/mol. The van der Waals surface area contributed by atoms with Crippen LogP contribution in [0.5, 0.6) is 11.6 Å². The maximum Gasteiger partial charge on any atom is 0.255 e. The van der Waals surface area contributed by atoms with E-state index in [2.05, 4.69) is 20.9 Å². The zero-order valence-electron chi connectivity index (χ0n) is 13.9. The summed E-state index contributed by atoms with van der Waals surface area (Å²) in [6, 6.07) is 14.6. The molecule has 0 bridgehead atoms. The standard InChI is InChI=1S/C19H17BrN2O3/c1-13-6-8-17(24-13)12-22(2)19(23)14-7-9-18(21-11-14)25-16-5-3-4-15(20)10-16/h3-11H,12H2,1-2H3. The lowest BCUT2D eigenvalue weighted by molar-refractivity contribution is 0.0774. The van der Waals surface area contributed by atoms with Gasteiger partial charge in [0.1, 0.15) is 17.3 Å². The van der Waals surface area contributed by atoms with Crippen molar-refractivity contribution in [3.63, 3.8) is 0 Å². The van der Waals surface area contributed by atoms with Gasteiger partial charge in [-0.2, -0.15) is 0 Å². The van der Waals surface area contributed by atoms with Gasteiger partial charge in [0.2, 0.25) is 5.88 Å². The van der Waals surface area contributed by atoms with Gasteiger partial charge in [-0.15, -0.1) is 0 Å². The van der Waals surface area contributed by atoms with Crippen molar-refractivity contribution in [2.75, 3.05) is 7.05 Å². The molecule has 0 radical (unpaired) electrons. The molecule has 2 aromatic heterocycles. The molecular formula is C19H17BrN2O3. The predicted octanol–water partition coefficient (Wildman–Crippen LogP) is 4.81. The Morgan fingerprint density at radius 2 is 2.08 bits per heavy atom. The van der Waals surface area contributed by atoms with E-state index in [0.717, 1.165) is 16.0 Å². The first kappa shape index (κ1) is 17.2. The van der Waals surface area contributed by atoms with Crippen molar-refractivity contribution in [1.29, 1.82) is 0 Å². The molecule has 128 valence electrons. The van der Waals surface area contributed by atoms with Gasteiger partial charge >= 0.3 is 0 Å². The molecule has 5 nitrogen and oxygen atoms in total. The molecule has 3 aromatic rings. The van der Waals surface area contributed by atoms with Gasteiger partial charge in [0, 0.05) is 23.8 Å².